The first kappa shape index (κ1) is 59.1. The van der Waals surface area contributed by atoms with Crippen molar-refractivity contribution in [1.82, 2.24) is 0 Å². The van der Waals surface area contributed by atoms with E-state index in [1.165, 1.54) is 103 Å². The molecule has 13 heteroatoms. The summed E-state index contributed by atoms with van der Waals surface area (Å²) in [6.07, 6.45) is 41.4. The van der Waals surface area contributed by atoms with Gasteiger partial charge in [0.1, 0.15) is 30.5 Å². The van der Waals surface area contributed by atoms with Gasteiger partial charge in [-0.15, -0.1) is 0 Å². The van der Waals surface area contributed by atoms with E-state index in [9.17, 15) is 33.1 Å². The van der Waals surface area contributed by atoms with E-state index < -0.39 is 59.8 Å². The number of carbonyl (C=O) groups is 1. The maximum Gasteiger partial charge on any atom is 0.397 e. The molecule has 0 aliphatic carbocycles. The van der Waals surface area contributed by atoms with Crippen molar-refractivity contribution in [1.29, 1.82) is 0 Å². The number of rotatable bonds is 43. The lowest BCUT2D eigenvalue weighted by Crippen LogP contribution is -2.60. The Morgan fingerprint density at radius 3 is 1.54 bits per heavy atom. The Morgan fingerprint density at radius 2 is 1.05 bits per heavy atom. The Bertz CT molecular complexity index is 1290. The predicted molar refractivity (Wildman–Crippen MR) is 253 cm³/mol. The highest BCUT2D eigenvalue weighted by molar-refractivity contribution is 7.80. The van der Waals surface area contributed by atoms with Gasteiger partial charge in [-0.25, -0.2) is 4.18 Å². The molecule has 12 nitrogen and oxygen atoms in total. The van der Waals surface area contributed by atoms with Gasteiger partial charge in [-0.2, -0.15) is 8.42 Å². The van der Waals surface area contributed by atoms with Crippen molar-refractivity contribution in [2.75, 3.05) is 26.4 Å². The van der Waals surface area contributed by atoms with Crippen LogP contribution in [0.3, 0.4) is 0 Å². The molecule has 0 aromatic heterocycles. The van der Waals surface area contributed by atoms with E-state index in [0.717, 1.165) is 70.6 Å². The van der Waals surface area contributed by atoms with E-state index in [0.29, 0.717) is 13.0 Å². The third-order valence-corrected chi connectivity index (χ3v) is 11.6. The number of aliphatic hydroxyl groups is 3. The Balaban J connectivity index is 2.39. The van der Waals surface area contributed by atoms with Crippen molar-refractivity contribution >= 4 is 16.4 Å². The third-order valence-electron chi connectivity index (χ3n) is 11.2. The molecule has 6 atom stereocenters. The summed E-state index contributed by atoms with van der Waals surface area (Å²) in [6, 6.07) is 0. The highest BCUT2D eigenvalue weighted by Crippen LogP contribution is 2.26. The first-order chi connectivity index (χ1) is 30.6. The van der Waals surface area contributed by atoms with E-state index in [2.05, 4.69) is 66.6 Å². The lowest BCUT2D eigenvalue weighted by Gasteiger charge is -2.41. The van der Waals surface area contributed by atoms with Crippen LogP contribution in [0.15, 0.2) is 48.6 Å². The highest BCUT2D eigenvalue weighted by atomic mass is 32.3. The number of esters is 1. The molecule has 0 amide bonds. The van der Waals surface area contributed by atoms with Crippen molar-refractivity contribution in [3.63, 3.8) is 0 Å². The van der Waals surface area contributed by atoms with Crippen LogP contribution in [0.5, 0.6) is 0 Å². The molecule has 0 aromatic rings. The SMILES string of the molecule is CCCCC/C=C\C/C=C\CCCCCCCCCCCCOCC(COC1OC(CO)C(O)C(OS(=O)(=O)O)C1O)OC(=O)CCCCCCC/C=C\C/C=C\CCCCCC. The van der Waals surface area contributed by atoms with Gasteiger partial charge in [-0.05, 0) is 77.0 Å². The molecular weight excluding hydrogens is 825 g/mol. The highest BCUT2D eigenvalue weighted by Gasteiger charge is 2.48. The summed E-state index contributed by atoms with van der Waals surface area (Å²) in [7, 11) is -5.07. The van der Waals surface area contributed by atoms with Crippen molar-refractivity contribution in [3.05, 3.63) is 48.6 Å². The van der Waals surface area contributed by atoms with Gasteiger partial charge in [0.15, 0.2) is 6.29 Å². The van der Waals surface area contributed by atoms with Crippen LogP contribution in [0.4, 0.5) is 0 Å². The predicted octanol–water partition coefficient (Wildman–Crippen LogP) is 11.1. The standard InChI is InChI=1S/C50H90O12S/c1-3-5-7-9-11-13-15-17-19-21-22-23-24-26-28-30-32-34-36-38-40-58-42-44(43-59-50-48(54)49(62-63(55,56)57)47(53)45(41-51)61-50)60-46(52)39-37-35-33-31-29-27-25-20-18-16-14-12-10-8-6-4-2/h11,13-14,16-17,19-20,25,44-45,47-51,53-54H,3-10,12,15,18,21-24,26-43H2,1-2H3,(H,55,56,57)/b13-11-,16-14-,19-17-,25-20-. The van der Waals surface area contributed by atoms with Gasteiger partial charge in [0.25, 0.3) is 0 Å². The number of aliphatic hydroxyl groups excluding tert-OH is 3. The van der Waals surface area contributed by atoms with E-state index in [1.54, 1.807) is 0 Å². The van der Waals surface area contributed by atoms with Gasteiger partial charge in [0.05, 0.1) is 19.8 Å². The average molecular weight is 915 g/mol. The fraction of sp³-hybridized carbons (Fsp3) is 0.820. The smallest absolute Gasteiger partial charge is 0.397 e. The molecule has 0 radical (unpaired) electrons. The molecule has 1 fully saturated rings. The fourth-order valence-electron chi connectivity index (χ4n) is 7.38. The molecule has 1 saturated heterocycles. The second kappa shape index (κ2) is 41.5. The Kier molecular flexibility index (Phi) is 38.9. The fourth-order valence-corrected chi connectivity index (χ4v) is 7.89. The summed E-state index contributed by atoms with van der Waals surface area (Å²) in [6.45, 7) is 3.93. The largest absolute Gasteiger partial charge is 0.457 e. The second-order valence-electron chi connectivity index (χ2n) is 17.0. The van der Waals surface area contributed by atoms with Crippen LogP contribution < -0.4 is 0 Å². The molecule has 0 spiro atoms. The third kappa shape index (κ3) is 35.0. The minimum atomic E-state index is -5.07. The molecule has 1 heterocycles. The van der Waals surface area contributed by atoms with Crippen LogP contribution in [0.2, 0.25) is 0 Å². The molecule has 0 saturated carbocycles. The molecule has 368 valence electrons. The van der Waals surface area contributed by atoms with E-state index in [-0.39, 0.29) is 19.6 Å². The maximum absolute atomic E-state index is 12.9. The summed E-state index contributed by atoms with van der Waals surface area (Å²) in [4.78, 5) is 12.9. The Morgan fingerprint density at radius 1 is 0.603 bits per heavy atom. The van der Waals surface area contributed by atoms with Crippen LogP contribution >= 0.6 is 0 Å². The summed E-state index contributed by atoms with van der Waals surface area (Å²) in [5.41, 5.74) is 0. The monoisotopic (exact) mass is 915 g/mol. The van der Waals surface area contributed by atoms with Gasteiger partial charge in [-0.1, -0.05) is 165 Å². The molecule has 0 aromatic carbocycles. The normalized spacial score (nSPS) is 20.3. The molecule has 1 aliphatic heterocycles. The van der Waals surface area contributed by atoms with Crippen LogP contribution in [0.25, 0.3) is 0 Å². The zero-order chi connectivity index (χ0) is 46.1. The molecule has 1 rings (SSSR count). The molecule has 6 unspecified atom stereocenters. The minimum Gasteiger partial charge on any atom is -0.457 e. The maximum atomic E-state index is 12.9. The quantitative estimate of drug-likeness (QED) is 0.0197. The number of allylic oxidation sites excluding steroid dienone is 8. The first-order valence-corrected chi connectivity index (χ1v) is 26.3. The van der Waals surface area contributed by atoms with Crippen molar-refractivity contribution < 1.29 is 56.2 Å². The zero-order valence-corrected chi connectivity index (χ0v) is 40.2. The second-order valence-corrected chi connectivity index (χ2v) is 18.1. The van der Waals surface area contributed by atoms with Crippen LogP contribution in [-0.2, 0) is 38.3 Å². The average Bonchev–Trinajstić information content (AvgIpc) is 3.26. The summed E-state index contributed by atoms with van der Waals surface area (Å²) in [5, 5.41) is 30.7. The van der Waals surface area contributed by atoms with Gasteiger partial charge < -0.3 is 34.3 Å². The van der Waals surface area contributed by atoms with Crippen LogP contribution in [0, 0.1) is 0 Å². The summed E-state index contributed by atoms with van der Waals surface area (Å²) < 4.78 is 59.2. The van der Waals surface area contributed by atoms with Gasteiger partial charge >= 0.3 is 16.4 Å². The van der Waals surface area contributed by atoms with E-state index in [4.69, 9.17) is 18.9 Å². The molecule has 1 aliphatic rings. The minimum absolute atomic E-state index is 0.0276. The van der Waals surface area contributed by atoms with Crippen LogP contribution in [-0.4, -0.2) is 97.5 Å². The topological polar surface area (TPSA) is 178 Å². The Hall–Kier alpha value is -1.94. The van der Waals surface area contributed by atoms with Gasteiger partial charge in [-0.3, -0.25) is 9.35 Å². The lowest BCUT2D eigenvalue weighted by atomic mass is 9.99. The number of unbranched alkanes of at least 4 members (excludes halogenated alkanes) is 22. The number of ether oxygens (including phenoxy) is 4. The van der Waals surface area contributed by atoms with E-state index >= 15 is 0 Å². The molecule has 0 bridgehead atoms. The number of hydrogen-bond donors (Lipinski definition) is 4. The Labute approximate surface area is 383 Å². The van der Waals surface area contributed by atoms with Gasteiger partial charge in [0, 0.05) is 13.0 Å². The number of hydrogen-bond acceptors (Lipinski definition) is 11. The van der Waals surface area contributed by atoms with Crippen molar-refractivity contribution in [2.45, 2.75) is 237 Å². The zero-order valence-electron chi connectivity index (χ0n) is 39.4. The number of carbonyl (C=O) groups excluding carboxylic acids is 1. The van der Waals surface area contributed by atoms with Crippen molar-refractivity contribution in [2.24, 2.45) is 0 Å². The first-order valence-electron chi connectivity index (χ1n) is 24.9. The van der Waals surface area contributed by atoms with Gasteiger partial charge in [0.2, 0.25) is 0 Å². The molecule has 63 heavy (non-hydrogen) atoms. The summed E-state index contributed by atoms with van der Waals surface area (Å²) in [5.74, 6) is -0.414. The van der Waals surface area contributed by atoms with Crippen LogP contribution in [0.1, 0.15) is 200 Å². The van der Waals surface area contributed by atoms with Crippen molar-refractivity contribution in [3.8, 4) is 0 Å². The van der Waals surface area contributed by atoms with E-state index in [1.807, 2.05) is 0 Å². The lowest BCUT2D eigenvalue weighted by molar-refractivity contribution is -0.301. The molecular formula is C50H90O12S. The summed E-state index contributed by atoms with van der Waals surface area (Å²) >= 11 is 0. The molecule has 4 N–H and O–H groups in total.